The van der Waals surface area contributed by atoms with Gasteiger partial charge in [0.15, 0.2) is 0 Å². The molecule has 0 spiro atoms. The molecule has 4 nitrogen and oxygen atoms in total. The van der Waals surface area contributed by atoms with Crippen LogP contribution in [-0.4, -0.2) is 15.9 Å². The first-order valence-corrected chi connectivity index (χ1v) is 5.46. The molecule has 0 saturated carbocycles. The number of carbonyl (C=O) groups is 1. The minimum atomic E-state index is 0.00144. The van der Waals surface area contributed by atoms with E-state index in [1.807, 2.05) is 38.1 Å². The zero-order valence-electron chi connectivity index (χ0n) is 9.45. The molecule has 1 aromatic carbocycles. The second-order valence-electron chi connectivity index (χ2n) is 3.90. The topological polar surface area (TPSA) is 57.8 Å². The molecule has 0 aliphatic carbocycles. The van der Waals surface area contributed by atoms with Crippen LogP contribution >= 0.6 is 0 Å². The van der Waals surface area contributed by atoms with Gasteiger partial charge in [0, 0.05) is 5.92 Å². The highest BCUT2D eigenvalue weighted by atomic mass is 16.2. The normalized spacial score (nSPS) is 12.6. The number of anilines is 1. The average Bonchev–Trinajstić information content (AvgIpc) is 2.69. The van der Waals surface area contributed by atoms with E-state index < -0.39 is 0 Å². The molecule has 84 valence electrons. The minimum absolute atomic E-state index is 0.00144. The Morgan fingerprint density at radius 2 is 2.25 bits per heavy atom. The predicted molar refractivity (Wildman–Crippen MR) is 64.2 cm³/mol. The SMILES string of the molecule is CCC(C)C(=O)Nc1nc2ccccc2[nH]1. The monoisotopic (exact) mass is 217 g/mol. The van der Waals surface area contributed by atoms with Gasteiger partial charge < -0.3 is 4.98 Å². The smallest absolute Gasteiger partial charge is 0.229 e. The van der Waals surface area contributed by atoms with Crippen molar-refractivity contribution < 1.29 is 4.79 Å². The van der Waals surface area contributed by atoms with E-state index in [0.717, 1.165) is 17.5 Å². The van der Waals surface area contributed by atoms with Crippen molar-refractivity contribution in [1.29, 1.82) is 0 Å². The first-order valence-electron chi connectivity index (χ1n) is 5.46. The molecule has 0 aliphatic rings. The van der Waals surface area contributed by atoms with E-state index in [-0.39, 0.29) is 11.8 Å². The molecular weight excluding hydrogens is 202 g/mol. The van der Waals surface area contributed by atoms with Gasteiger partial charge in [-0.15, -0.1) is 0 Å². The van der Waals surface area contributed by atoms with E-state index in [1.54, 1.807) is 0 Å². The van der Waals surface area contributed by atoms with Crippen LogP contribution in [0.15, 0.2) is 24.3 Å². The molecule has 2 N–H and O–H groups in total. The van der Waals surface area contributed by atoms with Crippen LogP contribution in [-0.2, 0) is 4.79 Å². The second-order valence-corrected chi connectivity index (χ2v) is 3.90. The molecule has 1 aromatic heterocycles. The Hall–Kier alpha value is -1.84. The summed E-state index contributed by atoms with van der Waals surface area (Å²) in [5.74, 6) is 0.529. The number of benzene rings is 1. The summed E-state index contributed by atoms with van der Waals surface area (Å²) in [4.78, 5) is 19.0. The fraction of sp³-hybridized carbons (Fsp3) is 0.333. The number of amides is 1. The lowest BCUT2D eigenvalue weighted by Crippen LogP contribution is -2.20. The number of H-pyrrole nitrogens is 1. The van der Waals surface area contributed by atoms with Gasteiger partial charge in [-0.25, -0.2) is 4.98 Å². The lowest BCUT2D eigenvalue weighted by molar-refractivity contribution is -0.119. The molecule has 16 heavy (non-hydrogen) atoms. The van der Waals surface area contributed by atoms with Crippen LogP contribution in [0.25, 0.3) is 11.0 Å². The number of hydrogen-bond acceptors (Lipinski definition) is 2. The molecule has 1 amide bonds. The third-order valence-corrected chi connectivity index (χ3v) is 2.69. The number of para-hydroxylation sites is 2. The molecule has 0 radical (unpaired) electrons. The van der Waals surface area contributed by atoms with Crippen molar-refractivity contribution in [3.63, 3.8) is 0 Å². The van der Waals surface area contributed by atoms with Crippen molar-refractivity contribution >= 4 is 22.9 Å². The van der Waals surface area contributed by atoms with Crippen LogP contribution in [0.1, 0.15) is 20.3 Å². The van der Waals surface area contributed by atoms with Gasteiger partial charge in [0.05, 0.1) is 11.0 Å². The Balaban J connectivity index is 2.18. The Morgan fingerprint density at radius 3 is 2.94 bits per heavy atom. The number of hydrogen-bond donors (Lipinski definition) is 2. The van der Waals surface area contributed by atoms with E-state index in [4.69, 9.17) is 0 Å². The van der Waals surface area contributed by atoms with Gasteiger partial charge in [0.1, 0.15) is 0 Å². The van der Waals surface area contributed by atoms with Crippen molar-refractivity contribution in [1.82, 2.24) is 9.97 Å². The van der Waals surface area contributed by atoms with E-state index in [2.05, 4.69) is 15.3 Å². The number of carbonyl (C=O) groups excluding carboxylic acids is 1. The maximum Gasteiger partial charge on any atom is 0.229 e. The maximum absolute atomic E-state index is 11.6. The number of nitrogens with zero attached hydrogens (tertiary/aromatic N) is 1. The van der Waals surface area contributed by atoms with Crippen LogP contribution in [0.3, 0.4) is 0 Å². The summed E-state index contributed by atoms with van der Waals surface area (Å²) in [5, 5.41) is 2.78. The number of aromatic nitrogens is 2. The molecule has 0 fully saturated rings. The third-order valence-electron chi connectivity index (χ3n) is 2.69. The maximum atomic E-state index is 11.6. The van der Waals surface area contributed by atoms with Crippen molar-refractivity contribution in [3.05, 3.63) is 24.3 Å². The zero-order valence-corrected chi connectivity index (χ0v) is 9.45. The quantitative estimate of drug-likeness (QED) is 0.830. The Bertz CT molecular complexity index is 471. The summed E-state index contributed by atoms with van der Waals surface area (Å²) in [6.45, 7) is 3.89. The van der Waals surface area contributed by atoms with Gasteiger partial charge in [-0.2, -0.15) is 0 Å². The number of imidazole rings is 1. The lowest BCUT2D eigenvalue weighted by Gasteiger charge is -2.06. The summed E-state index contributed by atoms with van der Waals surface area (Å²) in [7, 11) is 0. The molecule has 1 unspecified atom stereocenters. The minimum Gasteiger partial charge on any atom is -0.324 e. The van der Waals surface area contributed by atoms with Crippen LogP contribution in [0.5, 0.6) is 0 Å². The lowest BCUT2D eigenvalue weighted by atomic mass is 10.1. The average molecular weight is 217 g/mol. The zero-order chi connectivity index (χ0) is 11.5. The summed E-state index contributed by atoms with van der Waals surface area (Å²) >= 11 is 0. The van der Waals surface area contributed by atoms with Crippen LogP contribution in [0.4, 0.5) is 5.95 Å². The van der Waals surface area contributed by atoms with Gasteiger partial charge in [-0.3, -0.25) is 10.1 Å². The fourth-order valence-electron chi connectivity index (χ4n) is 1.44. The van der Waals surface area contributed by atoms with E-state index in [0.29, 0.717) is 5.95 Å². The molecule has 1 heterocycles. The number of nitrogens with one attached hydrogen (secondary N) is 2. The molecule has 4 heteroatoms. The Morgan fingerprint density at radius 1 is 1.50 bits per heavy atom. The van der Waals surface area contributed by atoms with Crippen LogP contribution < -0.4 is 5.32 Å². The fourth-order valence-corrected chi connectivity index (χ4v) is 1.44. The van der Waals surface area contributed by atoms with Crippen molar-refractivity contribution in [3.8, 4) is 0 Å². The largest absolute Gasteiger partial charge is 0.324 e. The van der Waals surface area contributed by atoms with Gasteiger partial charge in [0.25, 0.3) is 0 Å². The second kappa shape index (κ2) is 4.35. The van der Waals surface area contributed by atoms with Gasteiger partial charge in [0.2, 0.25) is 11.9 Å². The first-order chi connectivity index (χ1) is 7.70. The predicted octanol–water partition coefficient (Wildman–Crippen LogP) is 2.55. The Kier molecular flexibility index (Phi) is 2.90. The van der Waals surface area contributed by atoms with Crippen LogP contribution in [0.2, 0.25) is 0 Å². The molecule has 0 saturated heterocycles. The highest BCUT2D eigenvalue weighted by molar-refractivity contribution is 5.92. The molecule has 2 rings (SSSR count). The van der Waals surface area contributed by atoms with Crippen molar-refractivity contribution in [2.75, 3.05) is 5.32 Å². The number of aromatic amines is 1. The van der Waals surface area contributed by atoms with Crippen molar-refractivity contribution in [2.24, 2.45) is 5.92 Å². The highest BCUT2D eigenvalue weighted by Crippen LogP contribution is 2.14. The number of rotatable bonds is 3. The molecule has 0 bridgehead atoms. The summed E-state index contributed by atoms with van der Waals surface area (Å²) in [6.07, 6.45) is 0.825. The Labute approximate surface area is 94.1 Å². The summed E-state index contributed by atoms with van der Waals surface area (Å²) in [5.41, 5.74) is 1.80. The standard InChI is InChI=1S/C12H15N3O/c1-3-8(2)11(16)15-12-13-9-6-4-5-7-10(9)14-12/h4-8H,3H2,1-2H3,(H2,13,14,15,16). The van der Waals surface area contributed by atoms with E-state index in [1.165, 1.54) is 0 Å². The first kappa shape index (κ1) is 10.7. The summed E-state index contributed by atoms with van der Waals surface area (Å²) in [6, 6.07) is 7.69. The highest BCUT2D eigenvalue weighted by Gasteiger charge is 2.12. The van der Waals surface area contributed by atoms with Gasteiger partial charge in [-0.05, 0) is 18.6 Å². The van der Waals surface area contributed by atoms with Crippen molar-refractivity contribution in [2.45, 2.75) is 20.3 Å². The van der Waals surface area contributed by atoms with Gasteiger partial charge >= 0.3 is 0 Å². The molecule has 0 aliphatic heterocycles. The molecule has 1 atom stereocenters. The summed E-state index contributed by atoms with van der Waals surface area (Å²) < 4.78 is 0. The van der Waals surface area contributed by atoms with E-state index >= 15 is 0 Å². The van der Waals surface area contributed by atoms with Gasteiger partial charge in [-0.1, -0.05) is 26.0 Å². The van der Waals surface area contributed by atoms with Crippen LogP contribution in [0, 0.1) is 5.92 Å². The molecular formula is C12H15N3O. The number of fused-ring (bicyclic) bond motifs is 1. The third kappa shape index (κ3) is 2.05. The molecule has 2 aromatic rings. The van der Waals surface area contributed by atoms with E-state index in [9.17, 15) is 4.79 Å².